The molecule has 0 radical (unpaired) electrons. The van der Waals surface area contributed by atoms with Crippen molar-refractivity contribution in [1.29, 1.82) is 0 Å². The van der Waals surface area contributed by atoms with Gasteiger partial charge in [0, 0.05) is 11.6 Å². The molecule has 124 valence electrons. The van der Waals surface area contributed by atoms with E-state index in [2.05, 4.69) is 20.2 Å². The van der Waals surface area contributed by atoms with Crippen LogP contribution in [0.4, 0.5) is 8.78 Å². The maximum atomic E-state index is 14.3. The standard InChI is InChI=1S/C14H12F2N6O2/c15-10-1-2-11(12(16)3-10)14(24,5-21-8-17-6-19-21)13(4-23)22-9-18-7-20-22/h1-4,6-9,13,24H,5H2. The van der Waals surface area contributed by atoms with Crippen molar-refractivity contribution in [3.8, 4) is 0 Å². The predicted molar refractivity (Wildman–Crippen MR) is 75.4 cm³/mol. The van der Waals surface area contributed by atoms with Crippen molar-refractivity contribution in [2.24, 2.45) is 0 Å². The zero-order valence-corrected chi connectivity index (χ0v) is 12.2. The Hall–Kier alpha value is -3.01. The summed E-state index contributed by atoms with van der Waals surface area (Å²) in [5.74, 6) is -1.80. The van der Waals surface area contributed by atoms with Crippen molar-refractivity contribution in [3.05, 3.63) is 60.7 Å². The Balaban J connectivity index is 2.14. The summed E-state index contributed by atoms with van der Waals surface area (Å²) < 4.78 is 29.9. The molecule has 0 saturated heterocycles. The first-order valence-electron chi connectivity index (χ1n) is 6.84. The molecule has 0 aliphatic carbocycles. The molecule has 3 aromatic rings. The fourth-order valence-electron chi connectivity index (χ4n) is 2.49. The number of aliphatic hydroxyl groups is 1. The lowest BCUT2D eigenvalue weighted by Gasteiger charge is -2.33. The SMILES string of the molecule is O=CC(n1cncn1)C(O)(Cn1cncn1)c1ccc(F)cc1F. The van der Waals surface area contributed by atoms with Gasteiger partial charge in [0.05, 0.1) is 6.54 Å². The molecule has 1 aromatic carbocycles. The average Bonchev–Trinajstić information content (AvgIpc) is 3.21. The molecule has 24 heavy (non-hydrogen) atoms. The van der Waals surface area contributed by atoms with E-state index in [1.54, 1.807) is 0 Å². The fourth-order valence-corrected chi connectivity index (χ4v) is 2.49. The van der Waals surface area contributed by atoms with Crippen molar-refractivity contribution in [2.45, 2.75) is 18.2 Å². The quantitative estimate of drug-likeness (QED) is 0.658. The second-order valence-corrected chi connectivity index (χ2v) is 5.10. The molecule has 1 N–H and O–H groups in total. The summed E-state index contributed by atoms with van der Waals surface area (Å²) >= 11 is 0. The molecule has 0 aliphatic heterocycles. The average molecular weight is 334 g/mol. The maximum absolute atomic E-state index is 14.3. The van der Waals surface area contributed by atoms with Crippen molar-refractivity contribution in [2.75, 3.05) is 0 Å². The predicted octanol–water partition coefficient (Wildman–Crippen LogP) is 0.476. The summed E-state index contributed by atoms with van der Waals surface area (Å²) in [5, 5.41) is 18.9. The van der Waals surface area contributed by atoms with Gasteiger partial charge in [0.1, 0.15) is 54.9 Å². The second-order valence-electron chi connectivity index (χ2n) is 5.10. The van der Waals surface area contributed by atoms with Crippen molar-refractivity contribution in [1.82, 2.24) is 29.5 Å². The van der Waals surface area contributed by atoms with E-state index in [9.17, 15) is 18.7 Å². The van der Waals surface area contributed by atoms with Gasteiger partial charge in [0.25, 0.3) is 0 Å². The van der Waals surface area contributed by atoms with Gasteiger partial charge in [-0.3, -0.25) is 0 Å². The lowest BCUT2D eigenvalue weighted by atomic mass is 9.86. The number of hydrogen-bond donors (Lipinski definition) is 1. The molecule has 3 rings (SSSR count). The highest BCUT2D eigenvalue weighted by atomic mass is 19.1. The second kappa shape index (κ2) is 6.24. The van der Waals surface area contributed by atoms with Crippen LogP contribution in [-0.2, 0) is 16.9 Å². The summed E-state index contributed by atoms with van der Waals surface area (Å²) in [6, 6.07) is 1.39. The van der Waals surface area contributed by atoms with Crippen LogP contribution in [0, 0.1) is 11.6 Å². The largest absolute Gasteiger partial charge is 0.380 e. The molecule has 0 saturated carbocycles. The van der Waals surface area contributed by atoms with E-state index in [0.717, 1.165) is 16.8 Å². The van der Waals surface area contributed by atoms with Crippen LogP contribution in [-0.4, -0.2) is 40.9 Å². The number of hydrogen-bond acceptors (Lipinski definition) is 6. The highest BCUT2D eigenvalue weighted by molar-refractivity contribution is 5.59. The van der Waals surface area contributed by atoms with Gasteiger partial charge in [-0.25, -0.2) is 28.1 Å². The van der Waals surface area contributed by atoms with Gasteiger partial charge < -0.3 is 9.90 Å². The number of benzene rings is 1. The maximum Gasteiger partial charge on any atom is 0.148 e. The van der Waals surface area contributed by atoms with Crippen LogP contribution in [0.3, 0.4) is 0 Å². The van der Waals surface area contributed by atoms with Crippen LogP contribution < -0.4 is 0 Å². The lowest BCUT2D eigenvalue weighted by Crippen LogP contribution is -2.43. The van der Waals surface area contributed by atoms with Crippen LogP contribution in [0.1, 0.15) is 11.6 Å². The minimum absolute atomic E-state index is 0.271. The first-order chi connectivity index (χ1) is 11.5. The lowest BCUT2D eigenvalue weighted by molar-refractivity contribution is -0.122. The van der Waals surface area contributed by atoms with Gasteiger partial charge in [-0.05, 0) is 6.07 Å². The van der Waals surface area contributed by atoms with E-state index in [1.165, 1.54) is 30.0 Å². The number of carbonyl (C=O) groups excluding carboxylic acids is 1. The van der Waals surface area contributed by atoms with E-state index < -0.39 is 23.3 Å². The molecule has 0 spiro atoms. The number of rotatable bonds is 6. The van der Waals surface area contributed by atoms with E-state index in [4.69, 9.17) is 0 Å². The third-order valence-electron chi connectivity index (χ3n) is 3.61. The number of carbonyl (C=O) groups is 1. The van der Waals surface area contributed by atoms with Gasteiger partial charge >= 0.3 is 0 Å². The van der Waals surface area contributed by atoms with Crippen LogP contribution in [0.5, 0.6) is 0 Å². The summed E-state index contributed by atoms with van der Waals surface area (Å²) in [7, 11) is 0. The fraction of sp³-hybridized carbons (Fsp3) is 0.214. The first kappa shape index (κ1) is 15.9. The molecule has 0 amide bonds. The molecule has 0 bridgehead atoms. The molecule has 2 atom stereocenters. The van der Waals surface area contributed by atoms with Crippen molar-refractivity contribution < 1.29 is 18.7 Å². The van der Waals surface area contributed by atoms with Gasteiger partial charge in [-0.15, -0.1) is 0 Å². The Morgan fingerprint density at radius 3 is 2.54 bits per heavy atom. The van der Waals surface area contributed by atoms with E-state index in [1.807, 2.05) is 0 Å². The first-order valence-corrected chi connectivity index (χ1v) is 6.84. The third-order valence-corrected chi connectivity index (χ3v) is 3.61. The number of aldehydes is 1. The van der Waals surface area contributed by atoms with Crippen LogP contribution in [0.2, 0.25) is 0 Å². The number of halogens is 2. The highest BCUT2D eigenvalue weighted by Crippen LogP contribution is 2.35. The monoisotopic (exact) mass is 334 g/mol. The van der Waals surface area contributed by atoms with Gasteiger partial charge in [0.2, 0.25) is 0 Å². The molecule has 0 fully saturated rings. The smallest absolute Gasteiger partial charge is 0.148 e. The molecule has 8 nitrogen and oxygen atoms in total. The molecular weight excluding hydrogens is 322 g/mol. The zero-order chi connectivity index (χ0) is 17.2. The van der Waals surface area contributed by atoms with E-state index >= 15 is 0 Å². The normalized spacial score (nSPS) is 15.0. The molecule has 0 aliphatic rings. The molecular formula is C14H12F2N6O2. The minimum Gasteiger partial charge on any atom is -0.380 e. The van der Waals surface area contributed by atoms with Gasteiger partial charge in [-0.1, -0.05) is 6.07 Å². The van der Waals surface area contributed by atoms with Crippen LogP contribution in [0.25, 0.3) is 0 Å². The number of nitrogens with zero attached hydrogens (tertiary/aromatic N) is 6. The van der Waals surface area contributed by atoms with E-state index in [0.29, 0.717) is 12.4 Å². The topological polar surface area (TPSA) is 98.7 Å². The Labute approximate surface area is 134 Å². The van der Waals surface area contributed by atoms with Gasteiger partial charge in [0.15, 0.2) is 0 Å². The van der Waals surface area contributed by atoms with Crippen LogP contribution in [0.15, 0.2) is 43.5 Å². The summed E-state index contributed by atoms with van der Waals surface area (Å²) in [6.07, 6.45) is 5.33. The zero-order valence-electron chi connectivity index (χ0n) is 12.2. The van der Waals surface area contributed by atoms with Crippen LogP contribution >= 0.6 is 0 Å². The molecule has 2 heterocycles. The van der Waals surface area contributed by atoms with Crippen molar-refractivity contribution in [3.63, 3.8) is 0 Å². The summed E-state index contributed by atoms with van der Waals surface area (Å²) in [6.45, 7) is -0.307. The molecule has 2 unspecified atom stereocenters. The minimum atomic E-state index is -2.10. The van der Waals surface area contributed by atoms with Crippen molar-refractivity contribution >= 4 is 6.29 Å². The Kier molecular flexibility index (Phi) is 4.13. The number of aromatic nitrogens is 6. The Bertz CT molecular complexity index is 824. The summed E-state index contributed by atoms with van der Waals surface area (Å²) in [4.78, 5) is 19.1. The highest BCUT2D eigenvalue weighted by Gasteiger charge is 2.43. The van der Waals surface area contributed by atoms with Gasteiger partial charge in [-0.2, -0.15) is 10.2 Å². The van der Waals surface area contributed by atoms with E-state index in [-0.39, 0.29) is 12.1 Å². The Morgan fingerprint density at radius 2 is 1.96 bits per heavy atom. The molecule has 10 heteroatoms. The third kappa shape index (κ3) is 2.78. The molecule has 2 aromatic heterocycles. The Morgan fingerprint density at radius 1 is 1.21 bits per heavy atom. The summed E-state index contributed by atoms with van der Waals surface area (Å²) in [5.41, 5.74) is -2.37.